The number of β-amino-alcohol motifs (C(OH)–C–C–N with tert-alkyl or cyclic N) is 1. The van der Waals surface area contributed by atoms with Crippen LogP contribution in [0, 0.1) is 0 Å². The van der Waals surface area contributed by atoms with Gasteiger partial charge in [0, 0.05) is 24.1 Å². The number of aliphatic hydroxyl groups is 1. The third-order valence-electron chi connectivity index (χ3n) is 4.80. The summed E-state index contributed by atoms with van der Waals surface area (Å²) in [5.41, 5.74) is 7.72. The van der Waals surface area contributed by atoms with Crippen LogP contribution >= 0.6 is 0 Å². The van der Waals surface area contributed by atoms with E-state index < -0.39 is 18.2 Å². The van der Waals surface area contributed by atoms with E-state index in [1.165, 1.54) is 4.90 Å². The van der Waals surface area contributed by atoms with Crippen LogP contribution in [0.15, 0.2) is 24.3 Å². The third-order valence-corrected chi connectivity index (χ3v) is 4.80. The highest BCUT2D eigenvalue weighted by Gasteiger charge is 2.43. The molecule has 0 spiro atoms. The van der Waals surface area contributed by atoms with Gasteiger partial charge < -0.3 is 26.2 Å². The first-order chi connectivity index (χ1) is 10.9. The Hall–Kier alpha value is -2.12. The molecule has 2 atom stereocenters. The van der Waals surface area contributed by atoms with Crippen LogP contribution in [0.25, 0.3) is 0 Å². The molecular weight excluding hydrogens is 298 g/mol. The normalized spacial score (nSPS) is 26.0. The number of rotatable bonds is 4. The Morgan fingerprint density at radius 3 is 2.52 bits per heavy atom. The topological polar surface area (TPSA) is 116 Å². The van der Waals surface area contributed by atoms with Gasteiger partial charge in [0.25, 0.3) is 0 Å². The van der Waals surface area contributed by atoms with Crippen molar-refractivity contribution in [2.24, 2.45) is 5.73 Å². The fourth-order valence-electron chi connectivity index (χ4n) is 3.20. The number of nitrogens with two attached hydrogens (primary N) is 1. The SMILES string of the molecule is NCC1(c2ccc(N3CC(O)CC(NC(=O)O)C3=O)cc2)CC1. The van der Waals surface area contributed by atoms with E-state index in [0.717, 1.165) is 18.4 Å². The predicted octanol–water partition coefficient (Wildman–Crippen LogP) is 0.411. The number of piperidine rings is 1. The van der Waals surface area contributed by atoms with E-state index in [1.807, 2.05) is 24.3 Å². The number of nitrogens with one attached hydrogen (secondary N) is 1. The van der Waals surface area contributed by atoms with Crippen molar-refractivity contribution in [3.8, 4) is 0 Å². The summed E-state index contributed by atoms with van der Waals surface area (Å²) in [5.74, 6) is -0.342. The van der Waals surface area contributed by atoms with E-state index >= 15 is 0 Å². The summed E-state index contributed by atoms with van der Waals surface area (Å²) in [6.07, 6.45) is 0.217. The minimum Gasteiger partial charge on any atom is -0.465 e. The maximum absolute atomic E-state index is 12.4. The van der Waals surface area contributed by atoms with Crippen molar-refractivity contribution in [2.45, 2.75) is 36.8 Å². The molecule has 3 rings (SSSR count). The van der Waals surface area contributed by atoms with Crippen molar-refractivity contribution in [3.05, 3.63) is 29.8 Å². The first-order valence-corrected chi connectivity index (χ1v) is 7.75. The van der Waals surface area contributed by atoms with Crippen molar-refractivity contribution in [3.63, 3.8) is 0 Å². The van der Waals surface area contributed by atoms with Crippen molar-refractivity contribution in [1.29, 1.82) is 0 Å². The number of nitrogens with zero attached hydrogens (tertiary/aromatic N) is 1. The molecule has 1 aromatic rings. The lowest BCUT2D eigenvalue weighted by Crippen LogP contribution is -2.56. The van der Waals surface area contributed by atoms with E-state index in [9.17, 15) is 14.7 Å². The van der Waals surface area contributed by atoms with Crippen LogP contribution in [0.5, 0.6) is 0 Å². The number of carboxylic acid groups (broad SMARTS) is 1. The number of amides is 2. The number of carbonyl (C=O) groups excluding carboxylic acids is 1. The number of hydrogen-bond acceptors (Lipinski definition) is 4. The molecule has 2 fully saturated rings. The Labute approximate surface area is 134 Å². The van der Waals surface area contributed by atoms with Gasteiger partial charge in [-0.15, -0.1) is 0 Å². The quantitative estimate of drug-likeness (QED) is 0.641. The van der Waals surface area contributed by atoms with Crippen LogP contribution in [-0.4, -0.2) is 47.4 Å². The lowest BCUT2D eigenvalue weighted by molar-refractivity contribution is -0.123. The number of benzene rings is 1. The zero-order valence-corrected chi connectivity index (χ0v) is 12.7. The van der Waals surface area contributed by atoms with Gasteiger partial charge in [-0.2, -0.15) is 0 Å². The van der Waals surface area contributed by atoms with Crippen LogP contribution < -0.4 is 16.0 Å². The minimum absolute atomic E-state index is 0.0807. The highest BCUT2D eigenvalue weighted by molar-refractivity contribution is 5.99. The van der Waals surface area contributed by atoms with Crippen molar-refractivity contribution >= 4 is 17.7 Å². The van der Waals surface area contributed by atoms with Crippen LogP contribution in [0.4, 0.5) is 10.5 Å². The molecule has 1 saturated carbocycles. The van der Waals surface area contributed by atoms with Gasteiger partial charge in [-0.25, -0.2) is 4.79 Å². The molecule has 2 amide bonds. The number of hydrogen-bond donors (Lipinski definition) is 4. The van der Waals surface area contributed by atoms with E-state index in [4.69, 9.17) is 10.8 Å². The summed E-state index contributed by atoms with van der Waals surface area (Å²) < 4.78 is 0. The molecule has 7 nitrogen and oxygen atoms in total. The molecule has 0 radical (unpaired) electrons. The maximum atomic E-state index is 12.4. The third kappa shape index (κ3) is 3.02. The Morgan fingerprint density at radius 1 is 1.35 bits per heavy atom. The molecule has 1 aliphatic carbocycles. The molecule has 7 heteroatoms. The van der Waals surface area contributed by atoms with Crippen LogP contribution in [0.3, 0.4) is 0 Å². The van der Waals surface area contributed by atoms with E-state index in [0.29, 0.717) is 12.2 Å². The number of anilines is 1. The molecule has 1 saturated heterocycles. The first kappa shape index (κ1) is 15.8. The maximum Gasteiger partial charge on any atom is 0.405 e. The monoisotopic (exact) mass is 319 g/mol. The number of aliphatic hydroxyl groups excluding tert-OH is 1. The second-order valence-electron chi connectivity index (χ2n) is 6.37. The molecule has 1 heterocycles. The largest absolute Gasteiger partial charge is 0.465 e. The summed E-state index contributed by atoms with van der Waals surface area (Å²) in [7, 11) is 0. The van der Waals surface area contributed by atoms with E-state index in [1.54, 1.807) is 0 Å². The lowest BCUT2D eigenvalue weighted by atomic mass is 9.95. The molecule has 1 aliphatic heterocycles. The molecule has 124 valence electrons. The summed E-state index contributed by atoms with van der Waals surface area (Å²) in [4.78, 5) is 24.6. The molecule has 23 heavy (non-hydrogen) atoms. The molecular formula is C16H21N3O4. The summed E-state index contributed by atoms with van der Waals surface area (Å²) >= 11 is 0. The van der Waals surface area contributed by atoms with Gasteiger partial charge in [0.15, 0.2) is 0 Å². The minimum atomic E-state index is -1.27. The summed E-state index contributed by atoms with van der Waals surface area (Å²) in [6, 6.07) is 6.67. The fourth-order valence-corrected chi connectivity index (χ4v) is 3.20. The Morgan fingerprint density at radius 2 is 2.00 bits per heavy atom. The molecule has 0 aromatic heterocycles. The molecule has 2 unspecified atom stereocenters. The zero-order chi connectivity index (χ0) is 16.6. The summed E-state index contributed by atoms with van der Waals surface area (Å²) in [5, 5.41) is 20.9. The zero-order valence-electron chi connectivity index (χ0n) is 12.7. The smallest absolute Gasteiger partial charge is 0.405 e. The molecule has 2 aliphatic rings. The van der Waals surface area contributed by atoms with Crippen molar-refractivity contribution < 1.29 is 19.8 Å². The van der Waals surface area contributed by atoms with Crippen molar-refractivity contribution in [2.75, 3.05) is 18.0 Å². The highest BCUT2D eigenvalue weighted by Crippen LogP contribution is 2.47. The van der Waals surface area contributed by atoms with Gasteiger partial charge in [-0.05, 0) is 30.5 Å². The van der Waals surface area contributed by atoms with Gasteiger partial charge >= 0.3 is 6.09 Å². The Kier molecular flexibility index (Phi) is 3.99. The van der Waals surface area contributed by atoms with Gasteiger partial charge in [0.1, 0.15) is 6.04 Å². The average Bonchev–Trinajstić information content (AvgIpc) is 3.31. The van der Waals surface area contributed by atoms with Crippen LogP contribution in [0.2, 0.25) is 0 Å². The predicted molar refractivity (Wildman–Crippen MR) is 84.3 cm³/mol. The Balaban J connectivity index is 1.79. The highest BCUT2D eigenvalue weighted by atomic mass is 16.4. The number of carbonyl (C=O) groups is 2. The molecule has 5 N–H and O–H groups in total. The second-order valence-corrected chi connectivity index (χ2v) is 6.37. The van der Waals surface area contributed by atoms with E-state index in [-0.39, 0.29) is 24.3 Å². The lowest BCUT2D eigenvalue weighted by Gasteiger charge is -2.35. The van der Waals surface area contributed by atoms with Crippen molar-refractivity contribution in [1.82, 2.24) is 5.32 Å². The average molecular weight is 319 g/mol. The first-order valence-electron chi connectivity index (χ1n) is 7.75. The van der Waals surface area contributed by atoms with Gasteiger partial charge in [0.05, 0.1) is 12.6 Å². The van der Waals surface area contributed by atoms with Gasteiger partial charge in [0.2, 0.25) is 5.91 Å². The molecule has 1 aromatic carbocycles. The molecule has 0 bridgehead atoms. The van der Waals surface area contributed by atoms with Crippen LogP contribution in [0.1, 0.15) is 24.8 Å². The fraction of sp³-hybridized carbons (Fsp3) is 0.500. The standard InChI is InChI=1S/C16H21N3O4/c17-9-16(5-6-16)10-1-3-11(4-2-10)19-8-12(20)7-13(14(19)21)18-15(22)23/h1-4,12-13,18,20H,5-9,17H2,(H,22,23). The Bertz CT molecular complexity index is 612. The summed E-state index contributed by atoms with van der Waals surface area (Å²) in [6.45, 7) is 0.774. The second kappa shape index (κ2) is 5.82. The van der Waals surface area contributed by atoms with Gasteiger partial charge in [-0.1, -0.05) is 12.1 Å². The van der Waals surface area contributed by atoms with Gasteiger partial charge in [-0.3, -0.25) is 4.79 Å². The van der Waals surface area contributed by atoms with Crippen LogP contribution in [-0.2, 0) is 10.2 Å². The van der Waals surface area contributed by atoms with E-state index in [2.05, 4.69) is 5.32 Å².